The van der Waals surface area contributed by atoms with Crippen LogP contribution in [0.3, 0.4) is 0 Å². The van der Waals surface area contributed by atoms with E-state index in [1.54, 1.807) is 10.6 Å². The molecule has 0 radical (unpaired) electrons. The number of hydrogen-bond donors (Lipinski definition) is 1. The van der Waals surface area contributed by atoms with E-state index in [0.29, 0.717) is 25.2 Å². The Hall–Kier alpha value is -2.37. The predicted molar refractivity (Wildman–Crippen MR) is 77.5 cm³/mol. The number of rotatable bonds is 5. The number of imidazole rings is 1. The first-order valence-corrected chi connectivity index (χ1v) is 6.74. The van der Waals surface area contributed by atoms with Gasteiger partial charge in [-0.15, -0.1) is 0 Å². The first-order chi connectivity index (χ1) is 10.1. The highest BCUT2D eigenvalue weighted by atomic mass is 19.1. The average molecular weight is 291 g/mol. The fourth-order valence-corrected chi connectivity index (χ4v) is 2.21. The smallest absolute Gasteiger partial charge is 0.360 e. The highest BCUT2D eigenvalue weighted by Gasteiger charge is 2.20. The highest BCUT2D eigenvalue weighted by Crippen LogP contribution is 2.17. The number of hydrogen-bond acceptors (Lipinski definition) is 4. The van der Waals surface area contributed by atoms with E-state index in [0.717, 1.165) is 5.56 Å². The second-order valence-corrected chi connectivity index (χ2v) is 4.64. The summed E-state index contributed by atoms with van der Waals surface area (Å²) in [4.78, 5) is 15.8. The highest BCUT2D eigenvalue weighted by molar-refractivity contribution is 5.92. The molecule has 1 heterocycles. The van der Waals surface area contributed by atoms with Gasteiger partial charge >= 0.3 is 5.97 Å². The molecule has 0 unspecified atom stereocenters. The van der Waals surface area contributed by atoms with E-state index in [1.165, 1.54) is 19.2 Å². The minimum atomic E-state index is -0.549. The van der Waals surface area contributed by atoms with Crippen molar-refractivity contribution in [2.75, 3.05) is 12.8 Å². The van der Waals surface area contributed by atoms with E-state index in [2.05, 4.69) is 9.72 Å². The van der Waals surface area contributed by atoms with Crippen molar-refractivity contribution in [1.29, 1.82) is 0 Å². The van der Waals surface area contributed by atoms with Gasteiger partial charge in [-0.1, -0.05) is 19.1 Å². The molecule has 0 fully saturated rings. The minimum absolute atomic E-state index is 0.133. The van der Waals surface area contributed by atoms with Crippen LogP contribution in [-0.4, -0.2) is 22.6 Å². The van der Waals surface area contributed by atoms with Gasteiger partial charge in [-0.25, -0.2) is 14.2 Å². The number of aromatic nitrogens is 2. The van der Waals surface area contributed by atoms with Crippen LogP contribution in [0, 0.1) is 5.82 Å². The van der Waals surface area contributed by atoms with Crippen LogP contribution in [-0.2, 0) is 24.1 Å². The number of nitrogen functional groups attached to an aromatic ring is 1. The number of nitrogens with zero attached hydrogens (tertiary/aromatic N) is 2. The lowest BCUT2D eigenvalue weighted by molar-refractivity contribution is 0.0595. The molecule has 1 aromatic heterocycles. The molecule has 0 aliphatic carbocycles. The van der Waals surface area contributed by atoms with Gasteiger partial charge in [0.2, 0.25) is 0 Å². The molecular formula is C15H18FN3O2. The number of esters is 1. The zero-order chi connectivity index (χ0) is 15.4. The van der Waals surface area contributed by atoms with Crippen molar-refractivity contribution in [1.82, 2.24) is 9.55 Å². The van der Waals surface area contributed by atoms with Crippen LogP contribution in [0.5, 0.6) is 0 Å². The number of carbonyl (C=O) groups excluding carboxylic acids is 1. The quantitative estimate of drug-likeness (QED) is 0.857. The standard InChI is InChI=1S/C15H18FN3O2/c1-3-12-18-13(15(20)21-2)14(17)19(12)8-7-10-5-4-6-11(16)9-10/h4-6,9H,3,7-8,17H2,1-2H3. The van der Waals surface area contributed by atoms with E-state index in [-0.39, 0.29) is 17.3 Å². The molecule has 1 aromatic carbocycles. The van der Waals surface area contributed by atoms with Gasteiger partial charge in [0, 0.05) is 13.0 Å². The molecule has 0 aliphatic rings. The Morgan fingerprint density at radius 2 is 2.24 bits per heavy atom. The molecule has 0 saturated heterocycles. The van der Waals surface area contributed by atoms with Crippen molar-refractivity contribution in [2.24, 2.45) is 0 Å². The van der Waals surface area contributed by atoms with Crippen molar-refractivity contribution in [3.05, 3.63) is 47.2 Å². The average Bonchev–Trinajstić information content (AvgIpc) is 2.80. The van der Waals surface area contributed by atoms with Crippen molar-refractivity contribution in [3.8, 4) is 0 Å². The van der Waals surface area contributed by atoms with Gasteiger partial charge in [0.05, 0.1) is 7.11 Å². The molecule has 6 heteroatoms. The Labute approximate surface area is 122 Å². The maximum Gasteiger partial charge on any atom is 0.360 e. The molecule has 0 saturated carbocycles. The van der Waals surface area contributed by atoms with Gasteiger partial charge in [-0.3, -0.25) is 0 Å². The van der Waals surface area contributed by atoms with Crippen molar-refractivity contribution in [3.63, 3.8) is 0 Å². The van der Waals surface area contributed by atoms with Crippen LogP contribution < -0.4 is 5.73 Å². The van der Waals surface area contributed by atoms with E-state index < -0.39 is 5.97 Å². The fourth-order valence-electron chi connectivity index (χ4n) is 2.21. The van der Waals surface area contributed by atoms with E-state index >= 15 is 0 Å². The molecule has 5 nitrogen and oxygen atoms in total. The molecule has 0 bridgehead atoms. The number of methoxy groups -OCH3 is 1. The lowest BCUT2D eigenvalue weighted by Crippen LogP contribution is -2.10. The van der Waals surface area contributed by atoms with Crippen LogP contribution in [0.4, 0.5) is 10.2 Å². The van der Waals surface area contributed by atoms with E-state index in [9.17, 15) is 9.18 Å². The number of ether oxygens (including phenoxy) is 1. The summed E-state index contributed by atoms with van der Waals surface area (Å²) in [5.41, 5.74) is 6.97. The number of aryl methyl sites for hydroxylation is 2. The third-order valence-corrected chi connectivity index (χ3v) is 3.29. The normalized spacial score (nSPS) is 10.6. The summed E-state index contributed by atoms with van der Waals surface area (Å²) >= 11 is 0. The maximum absolute atomic E-state index is 13.2. The fraction of sp³-hybridized carbons (Fsp3) is 0.333. The van der Waals surface area contributed by atoms with Crippen molar-refractivity contribution < 1.29 is 13.9 Å². The third kappa shape index (κ3) is 3.21. The number of carbonyl (C=O) groups is 1. The topological polar surface area (TPSA) is 70.1 Å². The van der Waals surface area contributed by atoms with Crippen LogP contribution in [0.2, 0.25) is 0 Å². The molecule has 2 aromatic rings. The van der Waals surface area contributed by atoms with Crippen LogP contribution in [0.15, 0.2) is 24.3 Å². The molecule has 112 valence electrons. The minimum Gasteiger partial charge on any atom is -0.464 e. The van der Waals surface area contributed by atoms with Crippen molar-refractivity contribution >= 4 is 11.8 Å². The molecule has 0 spiro atoms. The molecule has 2 rings (SSSR count). The zero-order valence-electron chi connectivity index (χ0n) is 12.1. The summed E-state index contributed by atoms with van der Waals surface area (Å²) in [5, 5.41) is 0. The SMILES string of the molecule is CCc1nc(C(=O)OC)c(N)n1CCc1cccc(F)c1. The number of nitrogens with two attached hydrogens (primary N) is 1. The predicted octanol–water partition coefficient (Wildman–Crippen LogP) is 2.20. The maximum atomic E-state index is 13.2. The lowest BCUT2D eigenvalue weighted by Gasteiger charge is -2.09. The Kier molecular flexibility index (Phi) is 4.57. The van der Waals surface area contributed by atoms with E-state index in [4.69, 9.17) is 5.73 Å². The lowest BCUT2D eigenvalue weighted by atomic mass is 10.1. The number of benzene rings is 1. The summed E-state index contributed by atoms with van der Waals surface area (Å²) in [6, 6.07) is 6.41. The Morgan fingerprint density at radius 3 is 2.86 bits per heavy atom. The van der Waals surface area contributed by atoms with Gasteiger partial charge < -0.3 is 15.0 Å². The number of anilines is 1. The largest absolute Gasteiger partial charge is 0.464 e. The number of halogens is 1. The van der Waals surface area contributed by atoms with E-state index in [1.807, 2.05) is 13.0 Å². The van der Waals surface area contributed by atoms with Gasteiger partial charge in [0.15, 0.2) is 5.69 Å². The summed E-state index contributed by atoms with van der Waals surface area (Å²) in [6.45, 7) is 2.46. The molecule has 2 N–H and O–H groups in total. The first kappa shape index (κ1) is 15.0. The van der Waals surface area contributed by atoms with Gasteiger partial charge in [0.1, 0.15) is 17.5 Å². The summed E-state index contributed by atoms with van der Waals surface area (Å²) in [7, 11) is 1.29. The van der Waals surface area contributed by atoms with Crippen LogP contribution in [0.1, 0.15) is 28.8 Å². The second kappa shape index (κ2) is 6.39. The summed E-state index contributed by atoms with van der Waals surface area (Å²) < 4.78 is 19.6. The summed E-state index contributed by atoms with van der Waals surface area (Å²) in [5.74, 6) is 0.183. The summed E-state index contributed by atoms with van der Waals surface area (Å²) in [6.07, 6.45) is 1.25. The van der Waals surface area contributed by atoms with Gasteiger partial charge in [0.25, 0.3) is 0 Å². The molecule has 0 amide bonds. The first-order valence-electron chi connectivity index (χ1n) is 6.74. The van der Waals surface area contributed by atoms with Crippen LogP contribution in [0.25, 0.3) is 0 Å². The molecule has 0 aliphatic heterocycles. The molecular weight excluding hydrogens is 273 g/mol. The Bertz CT molecular complexity index is 652. The second-order valence-electron chi connectivity index (χ2n) is 4.64. The van der Waals surface area contributed by atoms with Gasteiger partial charge in [-0.05, 0) is 24.1 Å². The van der Waals surface area contributed by atoms with Gasteiger partial charge in [-0.2, -0.15) is 0 Å². The third-order valence-electron chi connectivity index (χ3n) is 3.29. The molecule has 0 atom stereocenters. The zero-order valence-corrected chi connectivity index (χ0v) is 12.1. The molecule has 21 heavy (non-hydrogen) atoms. The Balaban J connectivity index is 2.23. The Morgan fingerprint density at radius 1 is 1.48 bits per heavy atom. The van der Waals surface area contributed by atoms with Crippen molar-refractivity contribution in [2.45, 2.75) is 26.3 Å². The van der Waals surface area contributed by atoms with Crippen LogP contribution >= 0.6 is 0 Å². The monoisotopic (exact) mass is 291 g/mol.